The molecule has 6 heteroatoms. The Morgan fingerprint density at radius 2 is 1.93 bits per heavy atom. The Morgan fingerprint density at radius 3 is 2.67 bits per heavy atom. The van der Waals surface area contributed by atoms with Gasteiger partial charge in [0.25, 0.3) is 5.91 Å². The maximum Gasteiger partial charge on any atom is 0.254 e. The molecule has 134 valence electrons. The molecule has 1 fully saturated rings. The fourth-order valence-corrected chi connectivity index (χ4v) is 2.90. The van der Waals surface area contributed by atoms with Crippen LogP contribution in [0.15, 0.2) is 61.1 Å². The van der Waals surface area contributed by atoms with E-state index in [2.05, 4.69) is 21.9 Å². The normalized spacial score (nSPS) is 13.7. The second-order valence-corrected chi connectivity index (χ2v) is 6.05. The number of nitrogens with zero attached hydrogens (tertiary/aromatic N) is 4. The molecule has 2 aromatic heterocycles. The highest BCUT2D eigenvalue weighted by Gasteiger charge is 2.19. The third-order valence-electron chi connectivity index (χ3n) is 4.28. The molecular weight excluding hydrogens is 340 g/mol. The zero-order chi connectivity index (χ0) is 18.5. The number of hydrogen-bond acceptors (Lipinski definition) is 4. The zero-order valence-electron chi connectivity index (χ0n) is 14.7. The molecule has 0 spiro atoms. The number of carbonyl (C=O) groups excluding carboxylic acids is 1. The number of aromatic nitrogens is 3. The summed E-state index contributed by atoms with van der Waals surface area (Å²) in [5, 5.41) is 4.29. The van der Waals surface area contributed by atoms with Gasteiger partial charge >= 0.3 is 0 Å². The summed E-state index contributed by atoms with van der Waals surface area (Å²) in [6.07, 6.45) is 5.27. The first-order valence-corrected chi connectivity index (χ1v) is 8.75. The number of ether oxygens (including phenoxy) is 1. The van der Waals surface area contributed by atoms with E-state index < -0.39 is 0 Å². The van der Waals surface area contributed by atoms with Gasteiger partial charge in [0.15, 0.2) is 0 Å². The summed E-state index contributed by atoms with van der Waals surface area (Å²) in [6.45, 7) is 2.36. The van der Waals surface area contributed by atoms with Gasteiger partial charge in [0, 0.05) is 37.2 Å². The number of benzene rings is 1. The lowest BCUT2D eigenvalue weighted by molar-refractivity contribution is 0.0303. The van der Waals surface area contributed by atoms with Crippen molar-refractivity contribution in [2.75, 3.05) is 26.3 Å². The van der Waals surface area contributed by atoms with Gasteiger partial charge in [-0.3, -0.25) is 4.79 Å². The Morgan fingerprint density at radius 1 is 1.04 bits per heavy atom. The van der Waals surface area contributed by atoms with Crippen LogP contribution in [0.1, 0.15) is 21.6 Å². The Kier molecular flexibility index (Phi) is 4.95. The van der Waals surface area contributed by atoms with Gasteiger partial charge in [-0.25, -0.2) is 9.67 Å². The molecule has 1 aliphatic rings. The molecule has 1 aliphatic heterocycles. The molecule has 1 aromatic carbocycles. The van der Waals surface area contributed by atoms with Gasteiger partial charge in [0.1, 0.15) is 5.69 Å². The van der Waals surface area contributed by atoms with Gasteiger partial charge in [-0.2, -0.15) is 5.10 Å². The smallest absolute Gasteiger partial charge is 0.254 e. The second-order valence-electron chi connectivity index (χ2n) is 6.05. The molecule has 0 unspecified atom stereocenters. The number of amides is 1. The number of hydrogen-bond donors (Lipinski definition) is 0. The monoisotopic (exact) mass is 358 g/mol. The minimum atomic E-state index is -0.00815. The highest BCUT2D eigenvalue weighted by molar-refractivity contribution is 5.95. The van der Waals surface area contributed by atoms with Gasteiger partial charge in [-0.05, 0) is 42.3 Å². The Hall–Kier alpha value is -3.43. The summed E-state index contributed by atoms with van der Waals surface area (Å²) in [4.78, 5) is 18.9. The molecule has 0 bridgehead atoms. The van der Waals surface area contributed by atoms with Crippen LogP contribution in [0.4, 0.5) is 0 Å². The van der Waals surface area contributed by atoms with Gasteiger partial charge < -0.3 is 9.64 Å². The minimum absolute atomic E-state index is 0.00815. The number of rotatable bonds is 2. The predicted octanol–water partition coefficient (Wildman–Crippen LogP) is 2.14. The Bertz CT molecular complexity index is 982. The maximum absolute atomic E-state index is 12.8. The number of morpholine rings is 1. The van der Waals surface area contributed by atoms with Crippen molar-refractivity contribution in [3.05, 3.63) is 77.9 Å². The van der Waals surface area contributed by atoms with Crippen LogP contribution < -0.4 is 0 Å². The van der Waals surface area contributed by atoms with Gasteiger partial charge in [0.2, 0.25) is 0 Å². The van der Waals surface area contributed by atoms with Crippen molar-refractivity contribution in [3.63, 3.8) is 0 Å². The summed E-state index contributed by atoms with van der Waals surface area (Å²) < 4.78 is 7.07. The Balaban J connectivity index is 1.71. The van der Waals surface area contributed by atoms with E-state index in [1.807, 2.05) is 53.6 Å². The quantitative estimate of drug-likeness (QED) is 0.659. The second kappa shape index (κ2) is 7.85. The summed E-state index contributed by atoms with van der Waals surface area (Å²) in [6, 6.07) is 13.0. The summed E-state index contributed by atoms with van der Waals surface area (Å²) in [5.41, 5.74) is 2.83. The van der Waals surface area contributed by atoms with E-state index >= 15 is 0 Å². The Labute approximate surface area is 157 Å². The third kappa shape index (κ3) is 3.89. The first kappa shape index (κ1) is 17.0. The lowest BCUT2D eigenvalue weighted by atomic mass is 10.1. The highest BCUT2D eigenvalue weighted by atomic mass is 16.5. The summed E-state index contributed by atoms with van der Waals surface area (Å²) in [5.74, 6) is 6.20. The van der Waals surface area contributed by atoms with Crippen LogP contribution in [0, 0.1) is 11.8 Å². The molecule has 0 aliphatic carbocycles. The van der Waals surface area contributed by atoms with E-state index in [0.29, 0.717) is 37.6 Å². The van der Waals surface area contributed by atoms with Crippen molar-refractivity contribution in [2.24, 2.45) is 0 Å². The zero-order valence-corrected chi connectivity index (χ0v) is 14.7. The van der Waals surface area contributed by atoms with Crippen LogP contribution in [-0.2, 0) is 4.74 Å². The van der Waals surface area contributed by atoms with Crippen molar-refractivity contribution in [2.45, 2.75) is 0 Å². The van der Waals surface area contributed by atoms with Crippen LogP contribution in [0.25, 0.3) is 5.69 Å². The van der Waals surface area contributed by atoms with Crippen LogP contribution in [0.2, 0.25) is 0 Å². The standard InChI is InChI=1S/C21H18N4O2/c26-21(24-12-14-27-15-13-24)18-6-8-20(25-11-3-10-23-25)17(16-18)5-7-19-4-1-2-9-22-19/h1-4,6,8-11,16H,12-15H2. The van der Waals surface area contributed by atoms with Gasteiger partial charge in [-0.1, -0.05) is 12.0 Å². The minimum Gasteiger partial charge on any atom is -0.378 e. The topological polar surface area (TPSA) is 60.2 Å². The average molecular weight is 358 g/mol. The molecule has 0 atom stereocenters. The first-order valence-electron chi connectivity index (χ1n) is 8.75. The van der Waals surface area contributed by atoms with Crippen LogP contribution in [0.3, 0.4) is 0 Å². The molecule has 1 amide bonds. The number of pyridine rings is 1. The predicted molar refractivity (Wildman–Crippen MR) is 101 cm³/mol. The highest BCUT2D eigenvalue weighted by Crippen LogP contribution is 2.17. The molecular formula is C21H18N4O2. The first-order chi connectivity index (χ1) is 13.3. The van der Waals surface area contributed by atoms with Gasteiger partial charge in [-0.15, -0.1) is 0 Å². The molecule has 0 radical (unpaired) electrons. The van der Waals surface area contributed by atoms with Crippen molar-refractivity contribution in [1.82, 2.24) is 19.7 Å². The average Bonchev–Trinajstić information content (AvgIpc) is 3.27. The van der Waals surface area contributed by atoms with Crippen LogP contribution in [-0.4, -0.2) is 51.9 Å². The molecule has 6 nitrogen and oxygen atoms in total. The van der Waals surface area contributed by atoms with Crippen molar-refractivity contribution < 1.29 is 9.53 Å². The molecule has 0 N–H and O–H groups in total. The van der Waals surface area contributed by atoms with Crippen LogP contribution in [0.5, 0.6) is 0 Å². The van der Waals surface area contributed by atoms with Crippen molar-refractivity contribution in [3.8, 4) is 17.5 Å². The fourth-order valence-electron chi connectivity index (χ4n) is 2.90. The molecule has 3 aromatic rings. The fraction of sp³-hybridized carbons (Fsp3) is 0.190. The van der Waals surface area contributed by atoms with E-state index in [1.54, 1.807) is 17.1 Å². The largest absolute Gasteiger partial charge is 0.378 e. The SMILES string of the molecule is O=C(c1ccc(-n2cccn2)c(C#Cc2ccccn2)c1)N1CCOCC1. The molecule has 3 heterocycles. The summed E-state index contributed by atoms with van der Waals surface area (Å²) in [7, 11) is 0. The maximum atomic E-state index is 12.8. The lowest BCUT2D eigenvalue weighted by Crippen LogP contribution is -2.40. The molecule has 1 saturated heterocycles. The molecule has 0 saturated carbocycles. The van der Waals surface area contributed by atoms with E-state index in [4.69, 9.17) is 4.74 Å². The van der Waals surface area contributed by atoms with Gasteiger partial charge in [0.05, 0.1) is 24.5 Å². The summed E-state index contributed by atoms with van der Waals surface area (Å²) >= 11 is 0. The van der Waals surface area contributed by atoms with Crippen molar-refractivity contribution in [1.29, 1.82) is 0 Å². The van der Waals surface area contributed by atoms with E-state index in [9.17, 15) is 4.79 Å². The van der Waals surface area contributed by atoms with E-state index in [-0.39, 0.29) is 5.91 Å². The lowest BCUT2D eigenvalue weighted by Gasteiger charge is -2.27. The van der Waals surface area contributed by atoms with Crippen LogP contribution >= 0.6 is 0 Å². The number of carbonyl (C=O) groups is 1. The third-order valence-corrected chi connectivity index (χ3v) is 4.28. The van der Waals surface area contributed by atoms with E-state index in [1.165, 1.54) is 0 Å². The molecule has 27 heavy (non-hydrogen) atoms. The van der Waals surface area contributed by atoms with Crippen molar-refractivity contribution >= 4 is 5.91 Å². The van der Waals surface area contributed by atoms with E-state index in [0.717, 1.165) is 11.3 Å². The molecule has 4 rings (SSSR count).